The largest absolute Gasteiger partial charge is 0.212 e. The van der Waals surface area contributed by atoms with Crippen LogP contribution in [0, 0.1) is 10.8 Å². The maximum atomic E-state index is 12.4. The summed E-state index contributed by atoms with van der Waals surface area (Å²) in [7, 11) is -3.28. The number of rotatable bonds is 6. The highest BCUT2D eigenvalue weighted by atomic mass is 32.2. The van der Waals surface area contributed by atoms with Gasteiger partial charge in [0.25, 0.3) is 0 Å². The van der Waals surface area contributed by atoms with E-state index in [2.05, 4.69) is 46.3 Å². The van der Waals surface area contributed by atoms with Crippen molar-refractivity contribution >= 4 is 10.0 Å². The zero-order valence-electron chi connectivity index (χ0n) is 14.8. The Morgan fingerprint density at radius 1 is 1.00 bits per heavy atom. The second-order valence-corrected chi connectivity index (χ2v) is 10.2. The van der Waals surface area contributed by atoms with Gasteiger partial charge in [0.1, 0.15) is 0 Å². The van der Waals surface area contributed by atoms with Gasteiger partial charge in [-0.2, -0.15) is 0 Å². The third-order valence-electron chi connectivity index (χ3n) is 3.64. The van der Waals surface area contributed by atoms with Gasteiger partial charge in [-0.1, -0.05) is 71.9 Å². The number of nitrogens with one attached hydrogen (secondary N) is 1. The highest BCUT2D eigenvalue weighted by Gasteiger charge is 2.30. The first kappa shape index (κ1) is 19.2. The first-order valence-electron chi connectivity index (χ1n) is 7.96. The number of hydrogen-bond acceptors (Lipinski definition) is 2. The molecule has 1 aromatic rings. The van der Waals surface area contributed by atoms with E-state index in [1.165, 1.54) is 0 Å². The summed E-state index contributed by atoms with van der Waals surface area (Å²) in [5, 5.41) is 0. The van der Waals surface area contributed by atoms with Crippen LogP contribution in [0.1, 0.15) is 66.0 Å². The Labute approximate surface area is 136 Å². The molecule has 0 spiro atoms. The Morgan fingerprint density at radius 2 is 1.55 bits per heavy atom. The van der Waals surface area contributed by atoms with E-state index >= 15 is 0 Å². The molecule has 1 N–H and O–H groups in total. The fourth-order valence-corrected chi connectivity index (χ4v) is 3.91. The van der Waals surface area contributed by atoms with Crippen molar-refractivity contribution in [3.05, 3.63) is 35.9 Å². The molecule has 4 heteroatoms. The number of benzene rings is 1. The van der Waals surface area contributed by atoms with E-state index in [1.807, 2.05) is 30.3 Å². The maximum Gasteiger partial charge on any atom is 0.212 e. The molecule has 0 aliphatic heterocycles. The molecule has 0 saturated carbocycles. The summed E-state index contributed by atoms with van der Waals surface area (Å²) in [6, 6.07) is 9.58. The molecule has 1 aromatic carbocycles. The van der Waals surface area contributed by atoms with Crippen LogP contribution in [-0.2, 0) is 10.0 Å². The van der Waals surface area contributed by atoms with Gasteiger partial charge >= 0.3 is 0 Å². The first-order valence-corrected chi connectivity index (χ1v) is 9.61. The van der Waals surface area contributed by atoms with Crippen LogP contribution in [0.15, 0.2) is 30.3 Å². The van der Waals surface area contributed by atoms with E-state index in [-0.39, 0.29) is 22.6 Å². The summed E-state index contributed by atoms with van der Waals surface area (Å²) in [4.78, 5) is 0. The SMILES string of the molecule is CC(C)(C)CCCS(=O)(=O)NC(c1ccccc1)C(C)(C)C. The fourth-order valence-electron chi connectivity index (χ4n) is 2.42. The molecule has 0 aliphatic carbocycles. The summed E-state index contributed by atoms with van der Waals surface area (Å²) in [6.07, 6.45) is 1.59. The monoisotopic (exact) mass is 325 g/mol. The molecular formula is C18H31NO2S. The molecule has 22 heavy (non-hydrogen) atoms. The zero-order valence-corrected chi connectivity index (χ0v) is 15.6. The molecule has 1 atom stereocenters. The second kappa shape index (κ2) is 7.14. The molecule has 0 amide bonds. The summed E-state index contributed by atoms with van der Waals surface area (Å²) in [5.41, 5.74) is 0.992. The molecule has 1 unspecified atom stereocenters. The predicted molar refractivity (Wildman–Crippen MR) is 94.2 cm³/mol. The minimum Gasteiger partial charge on any atom is -0.212 e. The van der Waals surface area contributed by atoms with Crippen LogP contribution >= 0.6 is 0 Å². The average Bonchev–Trinajstić information content (AvgIpc) is 2.34. The van der Waals surface area contributed by atoms with Gasteiger partial charge in [0.2, 0.25) is 10.0 Å². The van der Waals surface area contributed by atoms with Gasteiger partial charge in [0.05, 0.1) is 11.8 Å². The lowest BCUT2D eigenvalue weighted by atomic mass is 9.83. The lowest BCUT2D eigenvalue weighted by Crippen LogP contribution is -2.38. The van der Waals surface area contributed by atoms with Crippen molar-refractivity contribution in [2.45, 2.75) is 60.4 Å². The first-order chi connectivity index (χ1) is 9.91. The van der Waals surface area contributed by atoms with Crippen LogP contribution in [0.2, 0.25) is 0 Å². The number of sulfonamides is 1. The van der Waals surface area contributed by atoms with Crippen LogP contribution < -0.4 is 4.72 Å². The fraction of sp³-hybridized carbons (Fsp3) is 0.667. The summed E-state index contributed by atoms with van der Waals surface area (Å²) in [5.74, 6) is 0.184. The van der Waals surface area contributed by atoms with Crippen molar-refractivity contribution in [3.8, 4) is 0 Å². The molecule has 126 valence electrons. The van der Waals surface area contributed by atoms with E-state index in [0.29, 0.717) is 6.42 Å². The standard InChI is InChI=1S/C18H31NO2S/c1-17(2,3)13-10-14-22(20,21)19-16(18(4,5)6)15-11-8-7-9-12-15/h7-9,11-12,16,19H,10,13-14H2,1-6H3. The molecule has 0 saturated heterocycles. The van der Waals surface area contributed by atoms with E-state index in [0.717, 1.165) is 12.0 Å². The summed E-state index contributed by atoms with van der Waals surface area (Å²) >= 11 is 0. The molecule has 0 radical (unpaired) electrons. The van der Waals surface area contributed by atoms with Crippen LogP contribution in [0.4, 0.5) is 0 Å². The van der Waals surface area contributed by atoms with Crippen LogP contribution in [0.3, 0.4) is 0 Å². The topological polar surface area (TPSA) is 46.2 Å². The Balaban J connectivity index is 2.82. The van der Waals surface area contributed by atoms with Crippen molar-refractivity contribution < 1.29 is 8.42 Å². The van der Waals surface area contributed by atoms with E-state index < -0.39 is 10.0 Å². The third kappa shape index (κ3) is 6.93. The minimum absolute atomic E-state index is 0.165. The quantitative estimate of drug-likeness (QED) is 0.836. The third-order valence-corrected chi connectivity index (χ3v) is 5.06. The van der Waals surface area contributed by atoms with Gasteiger partial charge in [-0.05, 0) is 29.2 Å². The Bertz CT molecular complexity index is 551. The summed E-state index contributed by atoms with van der Waals surface area (Å²) < 4.78 is 27.8. The minimum atomic E-state index is -3.28. The van der Waals surface area contributed by atoms with Crippen molar-refractivity contribution in [1.82, 2.24) is 4.72 Å². The van der Waals surface area contributed by atoms with Crippen LogP contribution in [-0.4, -0.2) is 14.2 Å². The van der Waals surface area contributed by atoms with Gasteiger partial charge < -0.3 is 0 Å². The van der Waals surface area contributed by atoms with Gasteiger partial charge in [-0.25, -0.2) is 13.1 Å². The molecular weight excluding hydrogens is 294 g/mol. The lowest BCUT2D eigenvalue weighted by molar-refractivity contribution is 0.304. The normalized spacial score (nSPS) is 14.8. The zero-order chi connectivity index (χ0) is 17.0. The number of hydrogen-bond donors (Lipinski definition) is 1. The molecule has 0 bridgehead atoms. The maximum absolute atomic E-state index is 12.4. The Hall–Kier alpha value is -0.870. The summed E-state index contributed by atoms with van der Waals surface area (Å²) in [6.45, 7) is 12.6. The molecule has 1 rings (SSSR count). The van der Waals surface area contributed by atoms with Crippen LogP contribution in [0.5, 0.6) is 0 Å². The van der Waals surface area contributed by atoms with Crippen molar-refractivity contribution in [2.24, 2.45) is 10.8 Å². The molecule has 3 nitrogen and oxygen atoms in total. The van der Waals surface area contributed by atoms with E-state index in [9.17, 15) is 8.42 Å². The Morgan fingerprint density at radius 3 is 2.00 bits per heavy atom. The van der Waals surface area contributed by atoms with E-state index in [1.54, 1.807) is 0 Å². The molecule has 0 aromatic heterocycles. The van der Waals surface area contributed by atoms with Crippen molar-refractivity contribution in [2.75, 3.05) is 5.75 Å². The smallest absolute Gasteiger partial charge is 0.212 e. The molecule has 0 aliphatic rings. The van der Waals surface area contributed by atoms with Gasteiger partial charge in [0.15, 0.2) is 0 Å². The van der Waals surface area contributed by atoms with Crippen molar-refractivity contribution in [3.63, 3.8) is 0 Å². The predicted octanol–water partition coefficient (Wildman–Crippen LogP) is 4.52. The second-order valence-electron chi connectivity index (χ2n) is 8.31. The lowest BCUT2D eigenvalue weighted by Gasteiger charge is -2.32. The van der Waals surface area contributed by atoms with Gasteiger partial charge in [0, 0.05) is 0 Å². The highest BCUT2D eigenvalue weighted by Crippen LogP contribution is 2.33. The average molecular weight is 326 g/mol. The Kier molecular flexibility index (Phi) is 6.22. The van der Waals surface area contributed by atoms with E-state index in [4.69, 9.17) is 0 Å². The van der Waals surface area contributed by atoms with Crippen LogP contribution in [0.25, 0.3) is 0 Å². The van der Waals surface area contributed by atoms with Gasteiger partial charge in [-0.3, -0.25) is 0 Å². The highest BCUT2D eigenvalue weighted by molar-refractivity contribution is 7.89. The van der Waals surface area contributed by atoms with Gasteiger partial charge in [-0.15, -0.1) is 0 Å². The van der Waals surface area contributed by atoms with Crippen molar-refractivity contribution in [1.29, 1.82) is 0 Å². The molecule has 0 heterocycles. The molecule has 0 fully saturated rings.